The van der Waals surface area contributed by atoms with Crippen molar-refractivity contribution in [1.82, 2.24) is 9.97 Å². The number of fused-ring (bicyclic) bond motifs is 1. The average Bonchev–Trinajstić information content (AvgIpc) is 2.55. The van der Waals surface area contributed by atoms with Crippen LogP contribution in [0.15, 0.2) is 22.7 Å². The molecule has 0 amide bonds. The van der Waals surface area contributed by atoms with Gasteiger partial charge < -0.3 is 4.98 Å². The van der Waals surface area contributed by atoms with Gasteiger partial charge in [0.25, 0.3) is 0 Å². The summed E-state index contributed by atoms with van der Waals surface area (Å²) in [7, 11) is 0. The molecule has 1 unspecified atom stereocenters. The topological polar surface area (TPSA) is 28.7 Å². The fourth-order valence-electron chi connectivity index (χ4n) is 2.58. The monoisotopic (exact) mass is 308 g/mol. The minimum Gasteiger partial charge on any atom is -0.342 e. The first-order valence-corrected chi connectivity index (χ1v) is 7.27. The number of hydrogen-bond donors (Lipinski definition) is 1. The van der Waals surface area contributed by atoms with Gasteiger partial charge in [-0.3, -0.25) is 0 Å². The Kier molecular flexibility index (Phi) is 3.81. The van der Waals surface area contributed by atoms with E-state index < -0.39 is 0 Å². The molecular formula is C15H21BrN2. The van der Waals surface area contributed by atoms with E-state index in [1.807, 2.05) is 12.1 Å². The molecule has 0 aliphatic heterocycles. The number of nitrogens with one attached hydrogen (secondary N) is 1. The minimum absolute atomic E-state index is 0.383. The van der Waals surface area contributed by atoms with Crippen LogP contribution in [0.25, 0.3) is 11.0 Å². The summed E-state index contributed by atoms with van der Waals surface area (Å²) >= 11 is 3.48. The predicted molar refractivity (Wildman–Crippen MR) is 80.7 cm³/mol. The third kappa shape index (κ3) is 3.58. The maximum atomic E-state index is 4.65. The Balaban J connectivity index is 2.12. The van der Waals surface area contributed by atoms with E-state index in [4.69, 9.17) is 0 Å². The molecule has 0 spiro atoms. The standard InChI is InChI=1S/C15H21BrN2/c1-10(9-15(2,3)4)7-14-17-12-6-5-11(16)8-13(12)18-14/h5-6,8,10H,7,9H2,1-4H3,(H,17,18). The van der Waals surface area contributed by atoms with E-state index >= 15 is 0 Å². The number of H-pyrrole nitrogens is 1. The maximum absolute atomic E-state index is 4.65. The van der Waals surface area contributed by atoms with Crippen LogP contribution in [0.3, 0.4) is 0 Å². The first-order valence-electron chi connectivity index (χ1n) is 6.48. The van der Waals surface area contributed by atoms with Gasteiger partial charge >= 0.3 is 0 Å². The molecule has 3 heteroatoms. The number of aromatic nitrogens is 2. The molecule has 0 saturated heterocycles. The van der Waals surface area contributed by atoms with Gasteiger partial charge in [-0.2, -0.15) is 0 Å². The molecule has 2 nitrogen and oxygen atoms in total. The van der Waals surface area contributed by atoms with Crippen LogP contribution in [0, 0.1) is 11.3 Å². The van der Waals surface area contributed by atoms with E-state index in [9.17, 15) is 0 Å². The predicted octanol–water partition coefficient (Wildman–Crippen LogP) is 4.94. The lowest BCUT2D eigenvalue weighted by Crippen LogP contribution is -2.13. The fraction of sp³-hybridized carbons (Fsp3) is 0.533. The van der Waals surface area contributed by atoms with Crippen LogP contribution in [0.1, 0.15) is 39.9 Å². The van der Waals surface area contributed by atoms with Crippen LogP contribution in [0.5, 0.6) is 0 Å². The van der Waals surface area contributed by atoms with Crippen LogP contribution in [-0.2, 0) is 6.42 Å². The van der Waals surface area contributed by atoms with Gasteiger partial charge in [0.05, 0.1) is 11.0 Å². The Bertz CT molecular complexity index is 537. The zero-order valence-corrected chi connectivity index (χ0v) is 13.1. The maximum Gasteiger partial charge on any atom is 0.107 e. The molecule has 0 aliphatic carbocycles. The largest absolute Gasteiger partial charge is 0.342 e. The first kappa shape index (κ1) is 13.6. The molecule has 0 aliphatic rings. The molecule has 2 aromatic rings. The summed E-state index contributed by atoms with van der Waals surface area (Å²) in [5, 5.41) is 0. The Hall–Kier alpha value is -0.830. The quantitative estimate of drug-likeness (QED) is 0.854. The molecule has 0 radical (unpaired) electrons. The number of imidazole rings is 1. The van der Waals surface area contributed by atoms with E-state index in [1.54, 1.807) is 0 Å². The van der Waals surface area contributed by atoms with E-state index in [1.165, 1.54) is 6.42 Å². The highest BCUT2D eigenvalue weighted by Crippen LogP contribution is 2.26. The van der Waals surface area contributed by atoms with Gasteiger partial charge in [-0.1, -0.05) is 43.6 Å². The van der Waals surface area contributed by atoms with Gasteiger partial charge in [0.1, 0.15) is 5.82 Å². The SMILES string of the molecule is CC(Cc1nc2ccc(Br)cc2[nH]1)CC(C)(C)C. The molecule has 1 aromatic heterocycles. The molecule has 1 heterocycles. The van der Waals surface area contributed by atoms with Gasteiger partial charge in [0.15, 0.2) is 0 Å². The Morgan fingerprint density at radius 1 is 1.33 bits per heavy atom. The van der Waals surface area contributed by atoms with Crippen LogP contribution in [0.4, 0.5) is 0 Å². The van der Waals surface area contributed by atoms with Crippen molar-refractivity contribution in [1.29, 1.82) is 0 Å². The van der Waals surface area contributed by atoms with Crippen molar-refractivity contribution in [3.8, 4) is 0 Å². The van der Waals surface area contributed by atoms with Crippen molar-refractivity contribution in [2.24, 2.45) is 11.3 Å². The first-order chi connectivity index (χ1) is 8.33. The lowest BCUT2D eigenvalue weighted by Gasteiger charge is -2.22. The molecule has 2 rings (SSSR count). The fourth-order valence-corrected chi connectivity index (χ4v) is 2.94. The molecule has 0 fully saturated rings. The number of benzene rings is 1. The van der Waals surface area contributed by atoms with Crippen LogP contribution >= 0.6 is 15.9 Å². The van der Waals surface area contributed by atoms with E-state index in [-0.39, 0.29) is 0 Å². The highest BCUT2D eigenvalue weighted by Gasteiger charge is 2.16. The summed E-state index contributed by atoms with van der Waals surface area (Å²) in [4.78, 5) is 8.06. The van der Waals surface area contributed by atoms with Crippen molar-refractivity contribution >= 4 is 27.0 Å². The number of hydrogen-bond acceptors (Lipinski definition) is 1. The zero-order valence-electron chi connectivity index (χ0n) is 11.5. The van der Waals surface area contributed by atoms with E-state index in [0.29, 0.717) is 11.3 Å². The van der Waals surface area contributed by atoms with Crippen LogP contribution in [0.2, 0.25) is 0 Å². The van der Waals surface area contributed by atoms with Crippen molar-refractivity contribution in [2.75, 3.05) is 0 Å². The summed E-state index contributed by atoms with van der Waals surface area (Å²) in [6.45, 7) is 9.17. The second-order valence-corrected chi connectivity index (χ2v) is 7.33. The number of aromatic amines is 1. The molecule has 1 atom stereocenters. The highest BCUT2D eigenvalue weighted by molar-refractivity contribution is 9.10. The van der Waals surface area contributed by atoms with E-state index in [0.717, 1.165) is 27.8 Å². The van der Waals surface area contributed by atoms with E-state index in [2.05, 4.69) is 59.7 Å². The smallest absolute Gasteiger partial charge is 0.107 e. The van der Waals surface area contributed by atoms with Gasteiger partial charge in [-0.15, -0.1) is 0 Å². The minimum atomic E-state index is 0.383. The second-order valence-electron chi connectivity index (χ2n) is 6.42. The van der Waals surface area contributed by atoms with Crippen molar-refractivity contribution < 1.29 is 0 Å². The van der Waals surface area contributed by atoms with Crippen LogP contribution < -0.4 is 0 Å². The molecule has 98 valence electrons. The summed E-state index contributed by atoms with van der Waals surface area (Å²) in [5.74, 6) is 1.74. The molecule has 1 aromatic carbocycles. The number of rotatable bonds is 3. The van der Waals surface area contributed by atoms with Crippen molar-refractivity contribution in [2.45, 2.75) is 40.5 Å². The normalized spacial score (nSPS) is 14.1. The third-order valence-electron chi connectivity index (χ3n) is 3.00. The summed E-state index contributed by atoms with van der Waals surface area (Å²) in [5.41, 5.74) is 2.55. The Morgan fingerprint density at radius 3 is 2.72 bits per heavy atom. The van der Waals surface area contributed by atoms with Crippen molar-refractivity contribution in [3.05, 3.63) is 28.5 Å². The van der Waals surface area contributed by atoms with Crippen LogP contribution in [-0.4, -0.2) is 9.97 Å². The molecule has 18 heavy (non-hydrogen) atoms. The lowest BCUT2D eigenvalue weighted by atomic mass is 9.84. The van der Waals surface area contributed by atoms with Gasteiger partial charge in [0.2, 0.25) is 0 Å². The molecular weight excluding hydrogens is 288 g/mol. The lowest BCUT2D eigenvalue weighted by molar-refractivity contribution is 0.304. The van der Waals surface area contributed by atoms with Gasteiger partial charge in [-0.25, -0.2) is 4.98 Å². The second kappa shape index (κ2) is 5.04. The highest BCUT2D eigenvalue weighted by atomic mass is 79.9. The number of halogens is 1. The summed E-state index contributed by atoms with van der Waals surface area (Å²) in [6, 6.07) is 6.17. The molecule has 0 saturated carbocycles. The summed E-state index contributed by atoms with van der Waals surface area (Å²) in [6.07, 6.45) is 2.23. The number of nitrogens with zero attached hydrogens (tertiary/aromatic N) is 1. The Labute approximate surface area is 117 Å². The molecule has 1 N–H and O–H groups in total. The van der Waals surface area contributed by atoms with Crippen molar-refractivity contribution in [3.63, 3.8) is 0 Å². The third-order valence-corrected chi connectivity index (χ3v) is 3.49. The average molecular weight is 309 g/mol. The molecule has 0 bridgehead atoms. The summed E-state index contributed by atoms with van der Waals surface area (Å²) < 4.78 is 1.09. The Morgan fingerprint density at radius 2 is 2.06 bits per heavy atom. The zero-order chi connectivity index (χ0) is 13.3. The van der Waals surface area contributed by atoms with Gasteiger partial charge in [0, 0.05) is 10.9 Å². The van der Waals surface area contributed by atoms with Gasteiger partial charge in [-0.05, 0) is 36.0 Å².